The van der Waals surface area contributed by atoms with E-state index in [2.05, 4.69) is 154 Å². The van der Waals surface area contributed by atoms with Gasteiger partial charge in [0.15, 0.2) is 17.3 Å². The van der Waals surface area contributed by atoms with E-state index in [0.29, 0.717) is 58.6 Å². The van der Waals surface area contributed by atoms with E-state index >= 15 is 0 Å². The van der Waals surface area contributed by atoms with Crippen molar-refractivity contribution in [3.63, 3.8) is 0 Å². The third kappa shape index (κ3) is 37.2. The average molecular weight is 1430 g/mol. The largest absolute Gasteiger partial charge is 0.493 e. The Morgan fingerprint density at radius 2 is 0.625 bits per heavy atom. The minimum atomic E-state index is -0.391. The number of hydrogen-bond acceptors (Lipinski definition) is 12. The number of aromatic nitrogens is 3. The monoisotopic (exact) mass is 1430 g/mol. The summed E-state index contributed by atoms with van der Waals surface area (Å²) < 4.78 is 47.6. The Bertz CT molecular complexity index is 3040. The number of urea groups is 1. The van der Waals surface area contributed by atoms with Crippen LogP contribution in [0.3, 0.4) is 0 Å². The third-order valence-electron chi connectivity index (χ3n) is 18.8. The molecular formula is C90H140N6O8. The SMILES string of the molecule is CCCCCCCCCCCCOc1cc(/C=C/c2c(OCCCC)cc(/C=C/c3c(OCCCC)cc(/C=C/c4ccc(-c5nc(N)nc(NC(=O)NCCCC)n5)cc4)cc3OCCCC)cc2OCCCC)cc(OCCCCCCCCCCCC)c1OCCCCCCCCCCCC. The Morgan fingerprint density at radius 3 is 0.990 bits per heavy atom. The summed E-state index contributed by atoms with van der Waals surface area (Å²) in [6.45, 7) is 22.4. The van der Waals surface area contributed by atoms with Crippen LogP contribution >= 0.6 is 0 Å². The summed E-state index contributed by atoms with van der Waals surface area (Å²) in [5.41, 5.74) is 12.4. The van der Waals surface area contributed by atoms with E-state index in [4.69, 9.17) is 38.9 Å². The summed E-state index contributed by atoms with van der Waals surface area (Å²) in [5, 5.41) is 5.50. The molecule has 4 aromatic carbocycles. The number of nitrogen functional groups attached to an aromatic ring is 1. The van der Waals surface area contributed by atoms with Crippen LogP contribution in [0, 0.1) is 0 Å². The van der Waals surface area contributed by atoms with E-state index in [1.165, 1.54) is 154 Å². The van der Waals surface area contributed by atoms with E-state index in [1.54, 1.807) is 0 Å². The number of ether oxygens (including phenoxy) is 7. The molecule has 0 atom stereocenters. The normalized spacial score (nSPS) is 11.5. The molecule has 578 valence electrons. The molecule has 0 unspecified atom stereocenters. The summed E-state index contributed by atoms with van der Waals surface area (Å²) in [7, 11) is 0. The fraction of sp³-hybridized carbons (Fsp3) is 0.622. The molecule has 14 heteroatoms. The molecule has 2 amide bonds. The number of rotatable bonds is 63. The van der Waals surface area contributed by atoms with Gasteiger partial charge in [0, 0.05) is 12.1 Å². The number of benzene rings is 4. The van der Waals surface area contributed by atoms with Gasteiger partial charge in [-0.25, -0.2) is 4.79 Å². The van der Waals surface area contributed by atoms with Gasteiger partial charge in [0.05, 0.1) is 57.4 Å². The molecule has 14 nitrogen and oxygen atoms in total. The van der Waals surface area contributed by atoms with Gasteiger partial charge in [-0.1, -0.05) is 309 Å². The van der Waals surface area contributed by atoms with Crippen molar-refractivity contribution >= 4 is 54.4 Å². The first-order chi connectivity index (χ1) is 51.2. The van der Waals surface area contributed by atoms with Crippen molar-refractivity contribution in [1.82, 2.24) is 20.3 Å². The van der Waals surface area contributed by atoms with Crippen LogP contribution in [-0.4, -0.2) is 73.8 Å². The molecule has 1 heterocycles. The lowest BCUT2D eigenvalue weighted by atomic mass is 10.0. The number of hydrogen-bond donors (Lipinski definition) is 3. The van der Waals surface area contributed by atoms with Gasteiger partial charge in [0.1, 0.15) is 23.0 Å². The van der Waals surface area contributed by atoms with Crippen LogP contribution in [0.5, 0.6) is 40.2 Å². The molecular weight excluding hydrogens is 1290 g/mol. The predicted octanol–water partition coefficient (Wildman–Crippen LogP) is 26.2. The lowest BCUT2D eigenvalue weighted by Crippen LogP contribution is -2.30. The second-order valence-electron chi connectivity index (χ2n) is 28.3. The van der Waals surface area contributed by atoms with Crippen LogP contribution in [0.1, 0.15) is 346 Å². The first kappa shape index (κ1) is 87.4. The number of unbranched alkanes of at least 4 members (excludes halogenated alkanes) is 32. The van der Waals surface area contributed by atoms with E-state index in [1.807, 2.05) is 24.3 Å². The Hall–Kier alpha value is -7.22. The smallest absolute Gasteiger partial charge is 0.321 e. The molecule has 104 heavy (non-hydrogen) atoms. The number of nitrogens with two attached hydrogens (primary N) is 1. The van der Waals surface area contributed by atoms with Gasteiger partial charge in [-0.2, -0.15) is 15.0 Å². The molecule has 0 saturated heterocycles. The second-order valence-corrected chi connectivity index (χ2v) is 28.3. The Balaban J connectivity index is 1.51. The topological polar surface area (TPSA) is 170 Å². The molecule has 0 fully saturated rings. The van der Waals surface area contributed by atoms with Gasteiger partial charge >= 0.3 is 6.03 Å². The summed E-state index contributed by atoms with van der Waals surface area (Å²) in [4.78, 5) is 25.5. The molecule has 4 N–H and O–H groups in total. The molecule has 0 aliphatic rings. The van der Waals surface area contributed by atoms with E-state index in [-0.39, 0.29) is 11.9 Å². The maximum atomic E-state index is 12.5. The molecule has 0 aliphatic carbocycles. The van der Waals surface area contributed by atoms with Crippen LogP contribution in [0.25, 0.3) is 47.8 Å². The first-order valence-electron chi connectivity index (χ1n) is 41.8. The minimum absolute atomic E-state index is 0.0142. The van der Waals surface area contributed by atoms with Crippen LogP contribution in [0.15, 0.2) is 60.7 Å². The van der Waals surface area contributed by atoms with Crippen LogP contribution in [0.2, 0.25) is 0 Å². The van der Waals surface area contributed by atoms with E-state index < -0.39 is 6.03 Å². The zero-order chi connectivity index (χ0) is 74.1. The van der Waals surface area contributed by atoms with Crippen LogP contribution in [-0.2, 0) is 0 Å². The molecule has 0 spiro atoms. The molecule has 5 rings (SSSR count). The Kier molecular flexibility index (Phi) is 48.0. The van der Waals surface area contributed by atoms with Crippen LogP contribution in [0.4, 0.5) is 16.7 Å². The van der Waals surface area contributed by atoms with Crippen molar-refractivity contribution in [1.29, 1.82) is 0 Å². The molecule has 1 aromatic heterocycles. The van der Waals surface area contributed by atoms with Gasteiger partial charge in [-0.15, -0.1) is 0 Å². The van der Waals surface area contributed by atoms with Crippen molar-refractivity contribution in [2.24, 2.45) is 0 Å². The highest BCUT2D eigenvalue weighted by Gasteiger charge is 2.19. The summed E-state index contributed by atoms with van der Waals surface area (Å²) >= 11 is 0. The summed E-state index contributed by atoms with van der Waals surface area (Å²) in [6.07, 6.45) is 60.2. The molecule has 0 aliphatic heterocycles. The molecule has 5 aromatic rings. The fourth-order valence-corrected chi connectivity index (χ4v) is 12.3. The lowest BCUT2D eigenvalue weighted by molar-refractivity contribution is 0.234. The standard InChI is InChI=1S/C90H140N6O8/c1-9-17-25-28-31-34-37-40-43-46-64-102-84-71-76(72-85(103-65-47-44-41-38-35-32-29-26-18-10-2)86(84)104-66-48-45-42-39-36-33-30-27-19-11-3)54-58-79-82(100-62-23-15-7)69-75(70-83(79)101-63-24-16-8)53-57-78-80(98-60-21-13-5)67-74(68-81(78)99-61-22-14-6)50-49-73-51-55-77(56-52-73)87-93-88(91)95-89(94-87)96-90(97)92-59-20-12-4/h49-58,67-72H,9-48,59-66H2,1-8H3,(H4,91,92,93,94,95,96,97)/b50-49+,57-53+,58-54+. The van der Waals surface area contributed by atoms with E-state index in [0.717, 1.165) is 182 Å². The van der Waals surface area contributed by atoms with Gasteiger partial charge in [-0.05, 0) is 122 Å². The Labute approximate surface area is 631 Å². The first-order valence-corrected chi connectivity index (χ1v) is 41.8. The van der Waals surface area contributed by atoms with Crippen molar-refractivity contribution in [3.8, 4) is 51.6 Å². The van der Waals surface area contributed by atoms with Crippen molar-refractivity contribution < 1.29 is 38.0 Å². The van der Waals surface area contributed by atoms with Gasteiger partial charge in [0.25, 0.3) is 0 Å². The number of carbonyl (C=O) groups is 1. The zero-order valence-corrected chi connectivity index (χ0v) is 66.4. The van der Waals surface area contributed by atoms with Gasteiger partial charge < -0.3 is 44.2 Å². The molecule has 0 saturated carbocycles. The van der Waals surface area contributed by atoms with E-state index in [9.17, 15) is 4.79 Å². The number of carbonyl (C=O) groups excluding carboxylic acids is 1. The van der Waals surface area contributed by atoms with Crippen molar-refractivity contribution in [3.05, 3.63) is 94.0 Å². The summed E-state index contributed by atoms with van der Waals surface area (Å²) in [5.74, 6) is 5.66. The maximum absolute atomic E-state index is 12.5. The fourth-order valence-electron chi connectivity index (χ4n) is 12.3. The Morgan fingerprint density at radius 1 is 0.327 bits per heavy atom. The second kappa shape index (κ2) is 57.1. The quantitative estimate of drug-likeness (QED) is 0.0249. The number of amides is 2. The maximum Gasteiger partial charge on any atom is 0.321 e. The zero-order valence-electron chi connectivity index (χ0n) is 66.4. The molecule has 0 radical (unpaired) electrons. The van der Waals surface area contributed by atoms with Gasteiger partial charge in [0.2, 0.25) is 17.6 Å². The highest BCUT2D eigenvalue weighted by atomic mass is 16.5. The van der Waals surface area contributed by atoms with Gasteiger partial charge in [-0.3, -0.25) is 5.32 Å². The van der Waals surface area contributed by atoms with Crippen molar-refractivity contribution in [2.75, 3.05) is 63.8 Å². The highest BCUT2D eigenvalue weighted by Crippen LogP contribution is 2.42. The number of nitrogens with one attached hydrogen (secondary N) is 2. The predicted molar refractivity (Wildman–Crippen MR) is 441 cm³/mol. The summed E-state index contributed by atoms with van der Waals surface area (Å²) in [6, 6.07) is 20.3. The van der Waals surface area contributed by atoms with Crippen molar-refractivity contribution in [2.45, 2.75) is 312 Å². The average Bonchev–Trinajstić information content (AvgIpc) is 0.828. The minimum Gasteiger partial charge on any atom is -0.493 e. The lowest BCUT2D eigenvalue weighted by Gasteiger charge is -2.19. The number of anilines is 2. The third-order valence-corrected chi connectivity index (χ3v) is 18.8. The number of nitrogens with zero attached hydrogens (tertiary/aromatic N) is 3. The van der Waals surface area contributed by atoms with Crippen LogP contribution < -0.4 is 49.5 Å². The molecule has 0 bridgehead atoms. The highest BCUT2D eigenvalue weighted by molar-refractivity contribution is 5.88.